The van der Waals surface area contributed by atoms with Gasteiger partial charge in [0.2, 0.25) is 0 Å². The third-order valence-corrected chi connectivity index (χ3v) is 5.21. The maximum absolute atomic E-state index is 3.48. The van der Waals surface area contributed by atoms with Crippen molar-refractivity contribution in [1.29, 1.82) is 0 Å². The Kier molecular flexibility index (Phi) is 5.97. The summed E-state index contributed by atoms with van der Waals surface area (Å²) in [7, 11) is 0. The molecule has 0 aromatic rings. The van der Waals surface area contributed by atoms with Gasteiger partial charge in [0.15, 0.2) is 0 Å². The largest absolute Gasteiger partial charge is 0.317 e. The van der Waals surface area contributed by atoms with E-state index in [-0.39, 0.29) is 0 Å². The molecule has 1 aliphatic heterocycles. The quantitative estimate of drug-likeness (QED) is 0.808. The zero-order valence-corrected chi connectivity index (χ0v) is 12.5. The highest BCUT2D eigenvalue weighted by Gasteiger charge is 2.27. The van der Waals surface area contributed by atoms with Crippen molar-refractivity contribution in [3.05, 3.63) is 0 Å². The zero-order valence-electron chi connectivity index (χ0n) is 12.5. The van der Waals surface area contributed by atoms with Gasteiger partial charge in [-0.25, -0.2) is 0 Å². The third-order valence-electron chi connectivity index (χ3n) is 5.21. The number of hydrogen-bond donors (Lipinski definition) is 1. The molecule has 1 saturated heterocycles. The second kappa shape index (κ2) is 7.49. The third kappa shape index (κ3) is 3.96. The first-order valence-corrected chi connectivity index (χ1v) is 8.28. The molecule has 0 amide bonds. The topological polar surface area (TPSA) is 15.3 Å². The van der Waals surface area contributed by atoms with Crippen molar-refractivity contribution in [2.45, 2.75) is 64.8 Å². The summed E-state index contributed by atoms with van der Waals surface area (Å²) in [5, 5.41) is 3.48. The summed E-state index contributed by atoms with van der Waals surface area (Å²) >= 11 is 0. The van der Waals surface area contributed by atoms with Gasteiger partial charge in [-0.2, -0.15) is 0 Å². The molecule has 2 heteroatoms. The molecule has 2 nitrogen and oxygen atoms in total. The Morgan fingerprint density at radius 3 is 2.44 bits per heavy atom. The number of nitrogens with zero attached hydrogens (tertiary/aromatic N) is 1. The summed E-state index contributed by atoms with van der Waals surface area (Å²) in [4.78, 5) is 2.80. The molecule has 2 rings (SSSR count). The average Bonchev–Trinajstić information content (AvgIpc) is 2.46. The van der Waals surface area contributed by atoms with Gasteiger partial charge in [-0.3, -0.25) is 0 Å². The van der Waals surface area contributed by atoms with Gasteiger partial charge >= 0.3 is 0 Å². The lowest BCUT2D eigenvalue weighted by Crippen LogP contribution is -2.43. The van der Waals surface area contributed by atoms with E-state index < -0.39 is 0 Å². The summed E-state index contributed by atoms with van der Waals surface area (Å²) in [6.45, 7) is 9.83. The molecule has 2 atom stereocenters. The van der Waals surface area contributed by atoms with Gasteiger partial charge in [0.25, 0.3) is 0 Å². The predicted octanol–water partition coefficient (Wildman–Crippen LogP) is 3.28. The lowest BCUT2D eigenvalue weighted by atomic mass is 9.83. The molecule has 1 N–H and O–H groups in total. The minimum Gasteiger partial charge on any atom is -0.317 e. The first kappa shape index (κ1) is 14.3. The van der Waals surface area contributed by atoms with Crippen molar-refractivity contribution in [1.82, 2.24) is 10.2 Å². The maximum Gasteiger partial charge on any atom is 0.00978 e. The van der Waals surface area contributed by atoms with Crippen LogP contribution in [0.2, 0.25) is 0 Å². The normalized spacial score (nSPS) is 30.8. The van der Waals surface area contributed by atoms with Gasteiger partial charge in [-0.1, -0.05) is 33.1 Å². The number of hydrogen-bond acceptors (Lipinski definition) is 2. The van der Waals surface area contributed by atoms with Crippen molar-refractivity contribution in [2.75, 3.05) is 26.2 Å². The molecule has 1 heterocycles. The van der Waals surface area contributed by atoms with Crippen LogP contribution in [0.25, 0.3) is 0 Å². The van der Waals surface area contributed by atoms with Crippen LogP contribution in [0.1, 0.15) is 58.8 Å². The number of rotatable bonds is 5. The van der Waals surface area contributed by atoms with Crippen LogP contribution < -0.4 is 5.32 Å². The molecule has 2 fully saturated rings. The minimum absolute atomic E-state index is 0.892. The van der Waals surface area contributed by atoms with E-state index in [2.05, 4.69) is 24.1 Å². The van der Waals surface area contributed by atoms with Crippen molar-refractivity contribution < 1.29 is 0 Å². The molecule has 1 aliphatic carbocycles. The summed E-state index contributed by atoms with van der Waals surface area (Å²) in [5.74, 6) is 1.96. The Morgan fingerprint density at radius 1 is 1.00 bits per heavy atom. The van der Waals surface area contributed by atoms with Crippen LogP contribution in [-0.2, 0) is 0 Å². The van der Waals surface area contributed by atoms with E-state index >= 15 is 0 Å². The number of piperidine rings is 1. The molecule has 2 aliphatic rings. The molecule has 1 saturated carbocycles. The average molecular weight is 252 g/mol. The van der Waals surface area contributed by atoms with E-state index in [1.165, 1.54) is 71.1 Å². The lowest BCUT2D eigenvalue weighted by molar-refractivity contribution is 0.108. The van der Waals surface area contributed by atoms with Crippen LogP contribution >= 0.6 is 0 Å². The van der Waals surface area contributed by atoms with E-state index in [1.54, 1.807) is 0 Å². The predicted molar refractivity (Wildman–Crippen MR) is 78.9 cm³/mol. The van der Waals surface area contributed by atoms with Crippen molar-refractivity contribution in [3.8, 4) is 0 Å². The molecule has 0 radical (unpaired) electrons. The van der Waals surface area contributed by atoms with Crippen molar-refractivity contribution in [2.24, 2.45) is 11.8 Å². The Labute approximate surface area is 114 Å². The first-order valence-electron chi connectivity index (χ1n) is 8.28. The second-order valence-corrected chi connectivity index (χ2v) is 6.38. The van der Waals surface area contributed by atoms with Gasteiger partial charge in [0.1, 0.15) is 0 Å². The smallest absolute Gasteiger partial charge is 0.00978 e. The Morgan fingerprint density at radius 2 is 1.78 bits per heavy atom. The van der Waals surface area contributed by atoms with E-state index in [0.717, 1.165) is 17.9 Å². The second-order valence-electron chi connectivity index (χ2n) is 6.38. The van der Waals surface area contributed by atoms with Gasteiger partial charge in [-0.15, -0.1) is 0 Å². The van der Waals surface area contributed by atoms with Gasteiger partial charge in [-0.05, 0) is 57.2 Å². The highest BCUT2D eigenvalue weighted by molar-refractivity contribution is 4.82. The molecule has 0 spiro atoms. The Bertz CT molecular complexity index is 223. The fourth-order valence-electron chi connectivity index (χ4n) is 3.90. The molecule has 0 bridgehead atoms. The minimum atomic E-state index is 0.892. The fraction of sp³-hybridized carbons (Fsp3) is 1.00. The van der Waals surface area contributed by atoms with Gasteiger partial charge in [0.05, 0.1) is 0 Å². The highest BCUT2D eigenvalue weighted by atomic mass is 15.2. The van der Waals surface area contributed by atoms with Crippen LogP contribution in [0.4, 0.5) is 0 Å². The molecule has 106 valence electrons. The van der Waals surface area contributed by atoms with Crippen LogP contribution in [0.3, 0.4) is 0 Å². The fourth-order valence-corrected chi connectivity index (χ4v) is 3.90. The van der Waals surface area contributed by atoms with E-state index in [9.17, 15) is 0 Å². The molecule has 2 unspecified atom stereocenters. The van der Waals surface area contributed by atoms with Crippen LogP contribution in [0, 0.1) is 11.8 Å². The van der Waals surface area contributed by atoms with Gasteiger partial charge in [0, 0.05) is 12.6 Å². The number of nitrogens with one attached hydrogen (secondary N) is 1. The molecular weight excluding hydrogens is 220 g/mol. The SMILES string of the molecule is CCC1CCCC(N(CC)CC2CCNCC2)C1. The summed E-state index contributed by atoms with van der Waals surface area (Å²) < 4.78 is 0. The first-order chi connectivity index (χ1) is 8.83. The molecule has 0 aromatic carbocycles. The van der Waals surface area contributed by atoms with Crippen LogP contribution in [-0.4, -0.2) is 37.1 Å². The van der Waals surface area contributed by atoms with Crippen molar-refractivity contribution in [3.63, 3.8) is 0 Å². The Hall–Kier alpha value is -0.0800. The monoisotopic (exact) mass is 252 g/mol. The Balaban J connectivity index is 1.82. The van der Waals surface area contributed by atoms with Crippen LogP contribution in [0.5, 0.6) is 0 Å². The maximum atomic E-state index is 3.48. The van der Waals surface area contributed by atoms with Crippen molar-refractivity contribution >= 4 is 0 Å². The molecule has 18 heavy (non-hydrogen) atoms. The van der Waals surface area contributed by atoms with E-state index in [0.29, 0.717) is 0 Å². The van der Waals surface area contributed by atoms with E-state index in [4.69, 9.17) is 0 Å². The van der Waals surface area contributed by atoms with E-state index in [1.807, 2.05) is 0 Å². The summed E-state index contributed by atoms with van der Waals surface area (Å²) in [6, 6.07) is 0.892. The summed E-state index contributed by atoms with van der Waals surface area (Å²) in [5.41, 5.74) is 0. The highest BCUT2D eigenvalue weighted by Crippen LogP contribution is 2.30. The summed E-state index contributed by atoms with van der Waals surface area (Å²) in [6.07, 6.45) is 10.0. The van der Waals surface area contributed by atoms with Gasteiger partial charge < -0.3 is 10.2 Å². The zero-order chi connectivity index (χ0) is 12.8. The lowest BCUT2D eigenvalue weighted by Gasteiger charge is -2.39. The molecule has 0 aromatic heterocycles. The standard InChI is InChI=1S/C16H32N2/c1-3-14-6-5-7-16(12-14)18(4-2)13-15-8-10-17-11-9-15/h14-17H,3-13H2,1-2H3. The van der Waals surface area contributed by atoms with Crippen LogP contribution in [0.15, 0.2) is 0 Å². The molecular formula is C16H32N2.